The first-order chi connectivity index (χ1) is 23.0. The lowest BCUT2D eigenvalue weighted by Crippen LogP contribution is -2.39. The fourth-order valence-corrected chi connectivity index (χ4v) is 6.30. The molecule has 18 heteroatoms. The first-order valence-corrected chi connectivity index (χ1v) is 18.0. The third-order valence-electron chi connectivity index (χ3n) is 6.84. The number of sulfone groups is 1. The highest BCUT2D eigenvalue weighted by atomic mass is 35.5. The molecule has 0 unspecified atom stereocenters. The number of ether oxygens (including phenoxy) is 1. The summed E-state index contributed by atoms with van der Waals surface area (Å²) in [4.78, 5) is 21.2. The summed E-state index contributed by atoms with van der Waals surface area (Å²) < 4.78 is 101. The molecule has 0 saturated carbocycles. The van der Waals surface area contributed by atoms with Crippen LogP contribution in [0.1, 0.15) is 11.1 Å². The van der Waals surface area contributed by atoms with Crippen LogP contribution in [0.2, 0.25) is 5.02 Å². The zero-order valence-corrected chi connectivity index (χ0v) is 28.1. The quantitative estimate of drug-likeness (QED) is 0.148. The molecule has 0 atom stereocenters. The van der Waals surface area contributed by atoms with Crippen molar-refractivity contribution in [2.75, 3.05) is 23.9 Å². The van der Waals surface area contributed by atoms with Gasteiger partial charge in [-0.15, -0.1) is 4.28 Å². The van der Waals surface area contributed by atoms with E-state index < -0.39 is 43.4 Å². The van der Waals surface area contributed by atoms with Crippen molar-refractivity contribution >= 4 is 60.0 Å². The number of rotatable bonds is 12. The minimum absolute atomic E-state index is 0.0625. The molecule has 1 N–H and O–H groups in total. The van der Waals surface area contributed by atoms with E-state index in [1.165, 1.54) is 42.7 Å². The van der Waals surface area contributed by atoms with Crippen LogP contribution in [0.4, 0.5) is 24.7 Å². The van der Waals surface area contributed by atoms with Crippen molar-refractivity contribution in [1.29, 1.82) is 0 Å². The number of aromatic nitrogens is 3. The van der Waals surface area contributed by atoms with E-state index in [0.717, 1.165) is 24.0 Å². The third kappa shape index (κ3) is 9.05. The maximum Gasteiger partial charge on any atom is 0.416 e. The highest BCUT2D eigenvalue weighted by molar-refractivity contribution is 7.91. The Labute approximate surface area is 284 Å². The van der Waals surface area contributed by atoms with E-state index in [9.17, 15) is 34.8 Å². The van der Waals surface area contributed by atoms with Gasteiger partial charge >= 0.3 is 16.3 Å². The summed E-state index contributed by atoms with van der Waals surface area (Å²) in [7, 11) is -8.35. The van der Waals surface area contributed by atoms with Gasteiger partial charge in [-0.25, -0.2) is 23.4 Å². The van der Waals surface area contributed by atoms with Crippen molar-refractivity contribution < 1.29 is 43.8 Å². The standard InChI is InChI=1S/C31H27ClF3N5O7S2/c1-20-6-9-24(10-7-20)49(44,45)47-40(28(41)18-48(2,42)43)15-14-39-13-12-26-29(39)30(37-19-36-26)38-22-8-11-27(25(32)17-22)46-23-5-3-4-21(16-23)31(33,34)35/h3-13,16-17,19H,14-15,18H2,1-2H3,(H,36,37,38). The van der Waals surface area contributed by atoms with Crippen LogP contribution in [0, 0.1) is 6.92 Å². The molecule has 1 amide bonds. The molecule has 3 aromatic carbocycles. The molecule has 0 fully saturated rings. The fraction of sp³-hybridized carbons (Fsp3) is 0.194. The Morgan fingerprint density at radius 2 is 1.73 bits per heavy atom. The molecule has 0 bridgehead atoms. The van der Waals surface area contributed by atoms with E-state index in [1.54, 1.807) is 42.0 Å². The molecule has 12 nitrogen and oxygen atoms in total. The number of amides is 1. The molecule has 2 aromatic heterocycles. The molecule has 5 aromatic rings. The fourth-order valence-electron chi connectivity index (χ4n) is 4.54. The summed E-state index contributed by atoms with van der Waals surface area (Å²) in [5.74, 6) is -1.77. The zero-order chi connectivity index (χ0) is 35.6. The second-order valence-electron chi connectivity index (χ2n) is 10.8. The minimum Gasteiger partial charge on any atom is -0.456 e. The summed E-state index contributed by atoms with van der Waals surface area (Å²) in [6.07, 6.45) is -0.811. The van der Waals surface area contributed by atoms with E-state index >= 15 is 0 Å². The highest BCUT2D eigenvalue weighted by Crippen LogP contribution is 2.36. The van der Waals surface area contributed by atoms with Crippen molar-refractivity contribution in [1.82, 2.24) is 19.6 Å². The van der Waals surface area contributed by atoms with Crippen molar-refractivity contribution in [3.05, 3.63) is 101 Å². The summed E-state index contributed by atoms with van der Waals surface area (Å²) in [5.41, 5.74) is 1.23. The van der Waals surface area contributed by atoms with Crippen molar-refractivity contribution in [3.8, 4) is 11.5 Å². The van der Waals surface area contributed by atoms with Crippen LogP contribution >= 0.6 is 11.6 Å². The Hall–Kier alpha value is -4.71. The van der Waals surface area contributed by atoms with Gasteiger partial charge in [-0.1, -0.05) is 35.4 Å². The van der Waals surface area contributed by atoms with Gasteiger partial charge in [0, 0.05) is 24.7 Å². The van der Waals surface area contributed by atoms with E-state index in [0.29, 0.717) is 21.8 Å². The average molecular weight is 738 g/mol. The second kappa shape index (κ2) is 14.0. The van der Waals surface area contributed by atoms with Gasteiger partial charge in [0.25, 0.3) is 5.91 Å². The normalized spacial score (nSPS) is 12.2. The van der Waals surface area contributed by atoms with Gasteiger partial charge in [0.2, 0.25) is 0 Å². The number of alkyl halides is 3. The number of anilines is 2. The minimum atomic E-state index is -4.55. The van der Waals surface area contributed by atoms with Gasteiger partial charge in [0.15, 0.2) is 15.7 Å². The molecule has 2 heterocycles. The van der Waals surface area contributed by atoms with Crippen LogP contribution in [0.15, 0.2) is 90.2 Å². The molecular formula is C31H27ClF3N5O7S2. The van der Waals surface area contributed by atoms with Gasteiger partial charge < -0.3 is 14.6 Å². The number of hydrogen-bond acceptors (Lipinski definition) is 10. The predicted octanol–water partition coefficient (Wildman–Crippen LogP) is 6.14. The average Bonchev–Trinajstić information content (AvgIpc) is 3.44. The number of fused-ring (bicyclic) bond motifs is 1. The molecule has 0 aliphatic carbocycles. The molecule has 0 aliphatic rings. The topological polar surface area (TPSA) is 150 Å². The van der Waals surface area contributed by atoms with Crippen LogP contribution in [-0.2, 0) is 41.8 Å². The summed E-state index contributed by atoms with van der Waals surface area (Å²) in [6, 6.07) is 16.2. The van der Waals surface area contributed by atoms with Gasteiger partial charge in [-0.2, -0.15) is 21.6 Å². The van der Waals surface area contributed by atoms with Gasteiger partial charge in [0.1, 0.15) is 29.1 Å². The third-order valence-corrected chi connectivity index (χ3v) is 9.13. The lowest BCUT2D eigenvalue weighted by Gasteiger charge is -2.21. The Morgan fingerprint density at radius 3 is 2.41 bits per heavy atom. The molecule has 0 aliphatic heterocycles. The lowest BCUT2D eigenvalue weighted by molar-refractivity contribution is -0.153. The van der Waals surface area contributed by atoms with E-state index in [-0.39, 0.29) is 40.3 Å². The predicted molar refractivity (Wildman–Crippen MR) is 175 cm³/mol. The van der Waals surface area contributed by atoms with E-state index in [1.807, 2.05) is 0 Å². The Morgan fingerprint density at radius 1 is 1.00 bits per heavy atom. The Kier molecular flexibility index (Phi) is 10.2. The zero-order valence-electron chi connectivity index (χ0n) is 25.7. The summed E-state index contributed by atoms with van der Waals surface area (Å²) >= 11 is 6.40. The van der Waals surface area contributed by atoms with Crippen molar-refractivity contribution in [2.45, 2.75) is 24.5 Å². The van der Waals surface area contributed by atoms with Gasteiger partial charge in [-0.3, -0.25) is 4.79 Å². The molecule has 258 valence electrons. The van der Waals surface area contributed by atoms with Gasteiger partial charge in [-0.05, 0) is 61.5 Å². The number of benzene rings is 3. The molecular weight excluding hydrogens is 711 g/mol. The molecule has 5 rings (SSSR count). The first-order valence-electron chi connectivity index (χ1n) is 14.2. The molecule has 49 heavy (non-hydrogen) atoms. The maximum atomic E-state index is 13.1. The number of hydroxylamine groups is 2. The number of hydrogen-bond donors (Lipinski definition) is 1. The largest absolute Gasteiger partial charge is 0.456 e. The molecule has 0 radical (unpaired) electrons. The lowest BCUT2D eigenvalue weighted by atomic mass is 10.2. The van der Waals surface area contributed by atoms with E-state index in [2.05, 4.69) is 15.3 Å². The van der Waals surface area contributed by atoms with Crippen molar-refractivity contribution in [2.24, 2.45) is 0 Å². The van der Waals surface area contributed by atoms with Gasteiger partial charge in [0.05, 0.1) is 27.5 Å². The second-order valence-corrected chi connectivity index (χ2v) is 14.8. The maximum absolute atomic E-state index is 13.1. The van der Waals surface area contributed by atoms with Crippen LogP contribution in [0.3, 0.4) is 0 Å². The highest BCUT2D eigenvalue weighted by Gasteiger charge is 2.31. The number of nitrogens with one attached hydrogen (secondary N) is 1. The number of carbonyl (C=O) groups is 1. The van der Waals surface area contributed by atoms with Crippen LogP contribution in [0.25, 0.3) is 11.0 Å². The molecule has 0 saturated heterocycles. The monoisotopic (exact) mass is 737 g/mol. The smallest absolute Gasteiger partial charge is 0.416 e. The summed E-state index contributed by atoms with van der Waals surface area (Å²) in [6.45, 7) is 1.30. The number of halogens is 4. The first kappa shape index (κ1) is 35.6. The van der Waals surface area contributed by atoms with Crippen LogP contribution in [0.5, 0.6) is 11.5 Å². The van der Waals surface area contributed by atoms with Crippen molar-refractivity contribution in [3.63, 3.8) is 0 Å². The van der Waals surface area contributed by atoms with Crippen LogP contribution < -0.4 is 10.1 Å². The number of aryl methyl sites for hydroxylation is 1. The van der Waals surface area contributed by atoms with Crippen LogP contribution in [-0.4, -0.2) is 60.9 Å². The van der Waals surface area contributed by atoms with E-state index in [4.69, 9.17) is 20.6 Å². The number of nitrogens with zero attached hydrogens (tertiary/aromatic N) is 4. The Bertz CT molecular complexity index is 2230. The molecule has 0 spiro atoms. The SMILES string of the molecule is Cc1ccc(S(=O)(=O)ON(CCn2ccc3ncnc(Nc4ccc(Oc5cccc(C(F)(F)F)c5)c(Cl)c4)c32)C(=O)CS(C)(=O)=O)cc1. The summed E-state index contributed by atoms with van der Waals surface area (Å²) in [5, 5.41) is 3.66. The Balaban J connectivity index is 1.37. The number of carbonyl (C=O) groups excluding carboxylic acids is 1.